The Morgan fingerprint density at radius 1 is 1.20 bits per heavy atom. The lowest BCUT2D eigenvalue weighted by atomic mass is 10.1. The third-order valence-corrected chi connectivity index (χ3v) is 3.91. The second-order valence-electron chi connectivity index (χ2n) is 5.14. The summed E-state index contributed by atoms with van der Waals surface area (Å²) in [6.45, 7) is 1.85. The first-order valence-corrected chi connectivity index (χ1v) is 7.02. The Morgan fingerprint density at radius 3 is 2.45 bits per heavy atom. The molecule has 1 heterocycles. The topological polar surface area (TPSA) is 42.0 Å². The van der Waals surface area contributed by atoms with Crippen LogP contribution in [0.2, 0.25) is 5.15 Å². The second-order valence-corrected chi connectivity index (χ2v) is 5.50. The van der Waals surface area contributed by atoms with Gasteiger partial charge in [0.05, 0.1) is 5.56 Å². The fraction of sp³-hybridized carbons (Fsp3) is 0.250. The Bertz CT molecular complexity index is 644. The van der Waals surface area contributed by atoms with Crippen molar-refractivity contribution < 1.29 is 4.79 Å². The second kappa shape index (κ2) is 5.25. The van der Waals surface area contributed by atoms with E-state index in [0.717, 1.165) is 18.5 Å². The standard InChI is InChI=1S/C16H15ClN2O/c1-10-6-7-14(15(17)18-10)16(20)19-13-8-11-4-2-3-5-12(11)9-13/h2-7,13H,8-9H2,1H3,(H,19,20). The third-order valence-electron chi connectivity index (χ3n) is 3.62. The number of pyridine rings is 1. The molecule has 1 N–H and O–H groups in total. The van der Waals surface area contributed by atoms with Gasteiger partial charge in [-0.2, -0.15) is 0 Å². The average Bonchev–Trinajstić information content (AvgIpc) is 2.80. The van der Waals surface area contributed by atoms with E-state index in [0.29, 0.717) is 5.56 Å². The molecule has 1 aromatic heterocycles. The molecule has 0 bridgehead atoms. The fourth-order valence-corrected chi connectivity index (χ4v) is 2.90. The lowest BCUT2D eigenvalue weighted by Crippen LogP contribution is -2.35. The molecule has 0 radical (unpaired) electrons. The van der Waals surface area contributed by atoms with Crippen LogP contribution < -0.4 is 5.32 Å². The molecule has 0 fully saturated rings. The summed E-state index contributed by atoms with van der Waals surface area (Å²) in [5.41, 5.74) is 3.87. The maximum Gasteiger partial charge on any atom is 0.254 e. The predicted octanol–water partition coefficient (Wildman–Crippen LogP) is 2.94. The highest BCUT2D eigenvalue weighted by Gasteiger charge is 2.23. The van der Waals surface area contributed by atoms with Gasteiger partial charge in [-0.1, -0.05) is 35.9 Å². The van der Waals surface area contributed by atoms with Crippen molar-refractivity contribution in [2.24, 2.45) is 0 Å². The van der Waals surface area contributed by atoms with Crippen LogP contribution in [-0.2, 0) is 12.8 Å². The van der Waals surface area contributed by atoms with E-state index in [2.05, 4.69) is 22.4 Å². The summed E-state index contributed by atoms with van der Waals surface area (Å²) < 4.78 is 0. The number of hydrogen-bond acceptors (Lipinski definition) is 2. The van der Waals surface area contributed by atoms with Crippen LogP contribution in [0.25, 0.3) is 0 Å². The lowest BCUT2D eigenvalue weighted by molar-refractivity contribution is 0.0938. The number of halogens is 1. The molecule has 0 saturated carbocycles. The van der Waals surface area contributed by atoms with E-state index in [1.165, 1.54) is 11.1 Å². The molecule has 1 aliphatic carbocycles. The van der Waals surface area contributed by atoms with Gasteiger partial charge in [-0.15, -0.1) is 0 Å². The summed E-state index contributed by atoms with van der Waals surface area (Å²) in [5, 5.41) is 3.30. The van der Waals surface area contributed by atoms with Gasteiger partial charge < -0.3 is 5.32 Å². The minimum atomic E-state index is -0.152. The number of amides is 1. The van der Waals surface area contributed by atoms with Gasteiger partial charge in [-0.05, 0) is 43.0 Å². The number of benzene rings is 1. The van der Waals surface area contributed by atoms with E-state index in [4.69, 9.17) is 11.6 Å². The Hall–Kier alpha value is -1.87. The van der Waals surface area contributed by atoms with E-state index in [-0.39, 0.29) is 17.1 Å². The summed E-state index contributed by atoms with van der Waals surface area (Å²) in [6, 6.07) is 11.9. The van der Waals surface area contributed by atoms with E-state index >= 15 is 0 Å². The van der Waals surface area contributed by atoms with Gasteiger partial charge in [0, 0.05) is 11.7 Å². The summed E-state index contributed by atoms with van der Waals surface area (Å²) in [6.07, 6.45) is 1.75. The largest absolute Gasteiger partial charge is 0.349 e. The van der Waals surface area contributed by atoms with Gasteiger partial charge in [-0.25, -0.2) is 4.98 Å². The zero-order valence-corrected chi connectivity index (χ0v) is 11.9. The summed E-state index contributed by atoms with van der Waals surface area (Å²) in [4.78, 5) is 16.4. The zero-order valence-electron chi connectivity index (χ0n) is 11.2. The van der Waals surface area contributed by atoms with Gasteiger partial charge in [0.1, 0.15) is 5.15 Å². The van der Waals surface area contributed by atoms with Crippen LogP contribution in [0, 0.1) is 6.92 Å². The van der Waals surface area contributed by atoms with Gasteiger partial charge in [0.2, 0.25) is 0 Å². The van der Waals surface area contributed by atoms with Crippen molar-refractivity contribution in [2.45, 2.75) is 25.8 Å². The molecular formula is C16H15ClN2O. The first-order valence-electron chi connectivity index (χ1n) is 6.64. The highest BCUT2D eigenvalue weighted by molar-refractivity contribution is 6.32. The molecule has 3 nitrogen and oxygen atoms in total. The van der Waals surface area contributed by atoms with Crippen LogP contribution in [0.5, 0.6) is 0 Å². The number of nitrogens with one attached hydrogen (secondary N) is 1. The molecule has 3 rings (SSSR count). The number of fused-ring (bicyclic) bond motifs is 1. The minimum Gasteiger partial charge on any atom is -0.349 e. The maximum absolute atomic E-state index is 12.2. The Kier molecular flexibility index (Phi) is 3.45. The molecule has 0 atom stereocenters. The number of carbonyl (C=O) groups is 1. The molecule has 4 heteroatoms. The zero-order chi connectivity index (χ0) is 14.1. The number of nitrogens with zero attached hydrogens (tertiary/aromatic N) is 1. The molecule has 0 saturated heterocycles. The van der Waals surface area contributed by atoms with Crippen molar-refractivity contribution >= 4 is 17.5 Å². The molecule has 0 spiro atoms. The van der Waals surface area contributed by atoms with Crippen LogP contribution in [0.1, 0.15) is 27.2 Å². The summed E-state index contributed by atoms with van der Waals surface area (Å²) in [7, 11) is 0. The van der Waals surface area contributed by atoms with Crippen molar-refractivity contribution in [1.29, 1.82) is 0 Å². The minimum absolute atomic E-state index is 0.136. The van der Waals surface area contributed by atoms with Gasteiger partial charge in [0.15, 0.2) is 0 Å². The van der Waals surface area contributed by atoms with E-state index in [9.17, 15) is 4.79 Å². The average molecular weight is 287 g/mol. The maximum atomic E-state index is 12.2. The normalized spacial score (nSPS) is 14.1. The van der Waals surface area contributed by atoms with E-state index in [1.807, 2.05) is 19.1 Å². The monoisotopic (exact) mass is 286 g/mol. The third kappa shape index (κ3) is 2.54. The van der Waals surface area contributed by atoms with Crippen molar-refractivity contribution in [3.63, 3.8) is 0 Å². The summed E-state index contributed by atoms with van der Waals surface area (Å²) in [5.74, 6) is -0.152. The van der Waals surface area contributed by atoms with Gasteiger partial charge >= 0.3 is 0 Å². The van der Waals surface area contributed by atoms with Crippen LogP contribution in [0.3, 0.4) is 0 Å². The Morgan fingerprint density at radius 2 is 1.85 bits per heavy atom. The first-order chi connectivity index (χ1) is 9.63. The number of carbonyl (C=O) groups excluding carboxylic acids is 1. The quantitative estimate of drug-likeness (QED) is 0.863. The van der Waals surface area contributed by atoms with Crippen LogP contribution in [0.15, 0.2) is 36.4 Å². The molecule has 1 amide bonds. The molecule has 0 unspecified atom stereocenters. The van der Waals surface area contributed by atoms with Crippen molar-refractivity contribution in [3.8, 4) is 0 Å². The highest BCUT2D eigenvalue weighted by Crippen LogP contribution is 2.22. The molecule has 102 valence electrons. The SMILES string of the molecule is Cc1ccc(C(=O)NC2Cc3ccccc3C2)c(Cl)n1. The number of rotatable bonds is 2. The number of hydrogen-bond donors (Lipinski definition) is 1. The Labute approximate surface area is 123 Å². The molecule has 1 aromatic carbocycles. The van der Waals surface area contributed by atoms with Crippen LogP contribution in [-0.4, -0.2) is 16.9 Å². The molecule has 2 aromatic rings. The number of aromatic nitrogens is 1. The first kappa shape index (κ1) is 13.1. The Balaban J connectivity index is 1.72. The van der Waals surface area contributed by atoms with Crippen molar-refractivity contribution in [2.75, 3.05) is 0 Å². The molecular weight excluding hydrogens is 272 g/mol. The van der Waals surface area contributed by atoms with Gasteiger partial charge in [0.25, 0.3) is 5.91 Å². The highest BCUT2D eigenvalue weighted by atomic mass is 35.5. The lowest BCUT2D eigenvalue weighted by Gasteiger charge is -2.12. The van der Waals surface area contributed by atoms with Gasteiger partial charge in [-0.3, -0.25) is 4.79 Å². The molecule has 0 aliphatic heterocycles. The van der Waals surface area contributed by atoms with Crippen molar-refractivity contribution in [3.05, 3.63) is 63.9 Å². The van der Waals surface area contributed by atoms with Crippen molar-refractivity contribution in [1.82, 2.24) is 10.3 Å². The predicted molar refractivity (Wildman–Crippen MR) is 79.1 cm³/mol. The smallest absolute Gasteiger partial charge is 0.254 e. The molecule has 20 heavy (non-hydrogen) atoms. The van der Waals surface area contributed by atoms with Crippen LogP contribution in [0.4, 0.5) is 0 Å². The fourth-order valence-electron chi connectivity index (χ4n) is 2.62. The van der Waals surface area contributed by atoms with Crippen LogP contribution >= 0.6 is 11.6 Å². The molecule has 1 aliphatic rings. The summed E-state index contributed by atoms with van der Waals surface area (Å²) >= 11 is 6.03. The number of aryl methyl sites for hydroxylation is 1. The van der Waals surface area contributed by atoms with E-state index in [1.54, 1.807) is 12.1 Å². The van der Waals surface area contributed by atoms with E-state index < -0.39 is 0 Å².